The molecule has 0 aliphatic heterocycles. The van der Waals surface area contributed by atoms with Crippen molar-refractivity contribution in [2.24, 2.45) is 0 Å². The van der Waals surface area contributed by atoms with Crippen LogP contribution in [0.5, 0.6) is 0 Å². The van der Waals surface area contributed by atoms with Gasteiger partial charge in [-0.05, 0) is 30.7 Å². The van der Waals surface area contributed by atoms with Crippen LogP contribution in [0.15, 0.2) is 34.9 Å². The average molecular weight is 371 g/mol. The van der Waals surface area contributed by atoms with Crippen LogP contribution in [0, 0.1) is 6.92 Å². The van der Waals surface area contributed by atoms with Crippen molar-refractivity contribution >= 4 is 50.3 Å². The van der Waals surface area contributed by atoms with Gasteiger partial charge in [0.1, 0.15) is 11.3 Å². The Bertz CT molecular complexity index is 798. The first-order valence-electron chi connectivity index (χ1n) is 5.95. The predicted octanol–water partition coefficient (Wildman–Crippen LogP) is 4.88. The standard InChI is InChI=1S/C14H10BrCl2N3/c1-8-2-3-10(5-11(8)15)20-13(6-16)19-12-4-9(17)7-18-14(12)20/h2-5,7H,6H2,1H3. The summed E-state index contributed by atoms with van der Waals surface area (Å²) >= 11 is 15.5. The van der Waals surface area contributed by atoms with Gasteiger partial charge in [-0.2, -0.15) is 0 Å². The molecule has 0 N–H and O–H groups in total. The Balaban J connectivity index is 2.30. The quantitative estimate of drug-likeness (QED) is 0.601. The molecule has 102 valence electrons. The van der Waals surface area contributed by atoms with Crippen molar-refractivity contribution in [3.05, 3.63) is 51.3 Å². The molecule has 2 heterocycles. The van der Waals surface area contributed by atoms with E-state index in [1.165, 1.54) is 5.56 Å². The van der Waals surface area contributed by atoms with Crippen LogP contribution in [0.3, 0.4) is 0 Å². The lowest BCUT2D eigenvalue weighted by Crippen LogP contribution is -2.00. The molecule has 0 fully saturated rings. The van der Waals surface area contributed by atoms with Gasteiger partial charge in [0.15, 0.2) is 5.65 Å². The van der Waals surface area contributed by atoms with Gasteiger partial charge in [0, 0.05) is 10.7 Å². The largest absolute Gasteiger partial charge is 0.280 e. The number of hydrogen-bond donors (Lipinski definition) is 0. The van der Waals surface area contributed by atoms with Crippen molar-refractivity contribution in [1.29, 1.82) is 0 Å². The lowest BCUT2D eigenvalue weighted by Gasteiger charge is -2.08. The zero-order valence-corrected chi connectivity index (χ0v) is 13.7. The normalized spacial score (nSPS) is 11.2. The Hall–Kier alpha value is -1.10. The number of imidazole rings is 1. The fraction of sp³-hybridized carbons (Fsp3) is 0.143. The first-order chi connectivity index (χ1) is 9.60. The minimum absolute atomic E-state index is 0.305. The molecule has 0 radical (unpaired) electrons. The highest BCUT2D eigenvalue weighted by Crippen LogP contribution is 2.26. The van der Waals surface area contributed by atoms with Crippen molar-refractivity contribution in [3.8, 4) is 5.69 Å². The number of aryl methyl sites for hydroxylation is 1. The molecule has 0 amide bonds. The molecule has 2 aromatic heterocycles. The Morgan fingerprint density at radius 3 is 2.80 bits per heavy atom. The second-order valence-electron chi connectivity index (χ2n) is 4.43. The smallest absolute Gasteiger partial charge is 0.164 e. The third kappa shape index (κ3) is 2.32. The average Bonchev–Trinajstić information content (AvgIpc) is 2.79. The third-order valence-corrected chi connectivity index (χ3v) is 4.37. The van der Waals surface area contributed by atoms with Crippen molar-refractivity contribution in [3.63, 3.8) is 0 Å². The molecular formula is C14H10BrCl2N3. The molecule has 0 aliphatic rings. The minimum atomic E-state index is 0.305. The van der Waals surface area contributed by atoms with E-state index in [1.54, 1.807) is 12.3 Å². The Morgan fingerprint density at radius 2 is 2.10 bits per heavy atom. The van der Waals surface area contributed by atoms with Gasteiger partial charge in [-0.25, -0.2) is 9.97 Å². The highest BCUT2D eigenvalue weighted by Gasteiger charge is 2.13. The molecular weight excluding hydrogens is 361 g/mol. The number of pyridine rings is 1. The number of alkyl halides is 1. The maximum absolute atomic E-state index is 6.01. The first kappa shape index (κ1) is 13.9. The number of aromatic nitrogens is 3. The highest BCUT2D eigenvalue weighted by atomic mass is 79.9. The lowest BCUT2D eigenvalue weighted by atomic mass is 10.2. The number of halogens is 3. The van der Waals surface area contributed by atoms with Crippen LogP contribution in [0.2, 0.25) is 5.02 Å². The highest BCUT2D eigenvalue weighted by molar-refractivity contribution is 9.10. The molecule has 6 heteroatoms. The summed E-state index contributed by atoms with van der Waals surface area (Å²) < 4.78 is 2.98. The number of rotatable bonds is 2. The predicted molar refractivity (Wildman–Crippen MR) is 85.9 cm³/mol. The molecule has 3 aromatic rings. The van der Waals surface area contributed by atoms with Crippen LogP contribution in [0.1, 0.15) is 11.4 Å². The van der Waals surface area contributed by atoms with Crippen LogP contribution >= 0.6 is 39.1 Å². The van der Waals surface area contributed by atoms with Gasteiger partial charge in [-0.3, -0.25) is 4.57 Å². The van der Waals surface area contributed by atoms with Gasteiger partial charge in [0.25, 0.3) is 0 Å². The lowest BCUT2D eigenvalue weighted by molar-refractivity contribution is 0.968. The maximum atomic E-state index is 6.01. The molecule has 20 heavy (non-hydrogen) atoms. The SMILES string of the molecule is Cc1ccc(-n2c(CCl)nc3cc(Cl)cnc32)cc1Br. The summed E-state index contributed by atoms with van der Waals surface area (Å²) in [6, 6.07) is 7.88. The molecule has 0 atom stereocenters. The number of benzene rings is 1. The molecule has 0 unspecified atom stereocenters. The molecule has 0 saturated heterocycles. The van der Waals surface area contributed by atoms with E-state index < -0.39 is 0 Å². The molecule has 1 aromatic carbocycles. The Labute approximate surface area is 134 Å². The topological polar surface area (TPSA) is 30.7 Å². The van der Waals surface area contributed by atoms with E-state index in [-0.39, 0.29) is 0 Å². The summed E-state index contributed by atoms with van der Waals surface area (Å²) in [7, 11) is 0. The van der Waals surface area contributed by atoms with Crippen LogP contribution in [0.25, 0.3) is 16.9 Å². The van der Waals surface area contributed by atoms with Gasteiger partial charge in [-0.1, -0.05) is 33.6 Å². The molecule has 0 aliphatic carbocycles. The summed E-state index contributed by atoms with van der Waals surface area (Å²) in [5.41, 5.74) is 3.63. The Morgan fingerprint density at radius 1 is 1.30 bits per heavy atom. The molecule has 0 saturated carbocycles. The first-order valence-corrected chi connectivity index (χ1v) is 7.66. The maximum Gasteiger partial charge on any atom is 0.164 e. The monoisotopic (exact) mass is 369 g/mol. The van der Waals surface area contributed by atoms with Crippen LogP contribution < -0.4 is 0 Å². The van der Waals surface area contributed by atoms with Crippen molar-refractivity contribution in [2.75, 3.05) is 0 Å². The minimum Gasteiger partial charge on any atom is -0.280 e. The van der Waals surface area contributed by atoms with Gasteiger partial charge < -0.3 is 0 Å². The van der Waals surface area contributed by atoms with E-state index in [2.05, 4.69) is 25.9 Å². The number of nitrogens with zero attached hydrogens (tertiary/aromatic N) is 3. The van der Waals surface area contributed by atoms with Crippen molar-refractivity contribution in [2.45, 2.75) is 12.8 Å². The van der Waals surface area contributed by atoms with Crippen LogP contribution in [-0.4, -0.2) is 14.5 Å². The Kier molecular flexibility index (Phi) is 3.71. The van der Waals surface area contributed by atoms with E-state index in [1.807, 2.05) is 29.7 Å². The summed E-state index contributed by atoms with van der Waals surface area (Å²) in [5.74, 6) is 1.05. The van der Waals surface area contributed by atoms with Crippen molar-refractivity contribution in [1.82, 2.24) is 14.5 Å². The van der Waals surface area contributed by atoms with E-state index in [0.29, 0.717) is 10.9 Å². The zero-order valence-electron chi connectivity index (χ0n) is 10.6. The summed E-state index contributed by atoms with van der Waals surface area (Å²) in [6.07, 6.45) is 1.61. The molecule has 0 bridgehead atoms. The summed E-state index contributed by atoms with van der Waals surface area (Å²) in [4.78, 5) is 8.86. The third-order valence-electron chi connectivity index (χ3n) is 3.07. The summed E-state index contributed by atoms with van der Waals surface area (Å²) in [5, 5.41) is 0.563. The van der Waals surface area contributed by atoms with Crippen LogP contribution in [-0.2, 0) is 5.88 Å². The van der Waals surface area contributed by atoms with Crippen LogP contribution in [0.4, 0.5) is 0 Å². The second-order valence-corrected chi connectivity index (χ2v) is 5.98. The van der Waals surface area contributed by atoms with Gasteiger partial charge in [-0.15, -0.1) is 11.6 Å². The summed E-state index contributed by atoms with van der Waals surface area (Å²) in [6.45, 7) is 2.04. The molecule has 0 spiro atoms. The van der Waals surface area contributed by atoms with Crippen molar-refractivity contribution < 1.29 is 0 Å². The van der Waals surface area contributed by atoms with E-state index in [4.69, 9.17) is 23.2 Å². The fourth-order valence-electron chi connectivity index (χ4n) is 2.07. The zero-order chi connectivity index (χ0) is 14.3. The molecule has 3 rings (SSSR count). The molecule has 3 nitrogen and oxygen atoms in total. The number of fused-ring (bicyclic) bond motifs is 1. The fourth-order valence-corrected chi connectivity index (χ4v) is 2.77. The second kappa shape index (κ2) is 5.35. The van der Waals surface area contributed by atoms with E-state index in [0.717, 1.165) is 27.1 Å². The van der Waals surface area contributed by atoms with Gasteiger partial charge in [0.2, 0.25) is 0 Å². The van der Waals surface area contributed by atoms with E-state index >= 15 is 0 Å². The van der Waals surface area contributed by atoms with E-state index in [9.17, 15) is 0 Å². The number of hydrogen-bond acceptors (Lipinski definition) is 2. The van der Waals surface area contributed by atoms with Gasteiger partial charge in [0.05, 0.1) is 16.6 Å². The van der Waals surface area contributed by atoms with Gasteiger partial charge >= 0.3 is 0 Å².